The third-order valence-electron chi connectivity index (χ3n) is 2.72. The van der Waals surface area contributed by atoms with Crippen molar-refractivity contribution in [2.45, 2.75) is 17.0 Å². The highest BCUT2D eigenvalue weighted by atomic mass is 32.2. The Kier molecular flexibility index (Phi) is 3.12. The fourth-order valence-corrected chi connectivity index (χ4v) is 2.51. The molecule has 0 heterocycles. The Morgan fingerprint density at radius 2 is 1.89 bits per heavy atom. The summed E-state index contributed by atoms with van der Waals surface area (Å²) in [4.78, 5) is -0.123. The van der Waals surface area contributed by atoms with Gasteiger partial charge in [-0.15, -0.1) is 0 Å². The van der Waals surface area contributed by atoms with E-state index in [0.29, 0.717) is 17.6 Å². The molecule has 1 aromatic rings. The van der Waals surface area contributed by atoms with Crippen molar-refractivity contribution in [3.8, 4) is 0 Å². The maximum absolute atomic E-state index is 11.3. The van der Waals surface area contributed by atoms with Gasteiger partial charge in [-0.1, -0.05) is 30.4 Å². The van der Waals surface area contributed by atoms with E-state index in [1.54, 1.807) is 36.4 Å². The van der Waals surface area contributed by atoms with Crippen LogP contribution >= 0.6 is 0 Å². The fourth-order valence-electron chi connectivity index (χ4n) is 1.80. The second-order valence-electron chi connectivity index (χ2n) is 4.28. The summed E-state index contributed by atoms with van der Waals surface area (Å²) in [6.45, 7) is 0. The third kappa shape index (κ3) is 2.68. The van der Waals surface area contributed by atoms with E-state index in [1.165, 1.54) is 6.07 Å². The van der Waals surface area contributed by atoms with E-state index in [0.717, 1.165) is 0 Å². The molecule has 18 heavy (non-hydrogen) atoms. The number of rotatable bonds is 2. The lowest BCUT2D eigenvalue weighted by molar-refractivity contribution is 0.483. The largest absolute Gasteiger partial charge is 0.310 e. The summed E-state index contributed by atoms with van der Waals surface area (Å²) in [6.07, 6.45) is 5.43. The van der Waals surface area contributed by atoms with E-state index in [9.17, 15) is 13.0 Å². The van der Waals surface area contributed by atoms with Crippen molar-refractivity contribution in [1.29, 1.82) is 0 Å². The van der Waals surface area contributed by atoms with Crippen LogP contribution in [0.1, 0.15) is 12.0 Å². The molecule has 0 saturated heterocycles. The molecule has 0 saturated carbocycles. The van der Waals surface area contributed by atoms with Gasteiger partial charge in [0.15, 0.2) is 0 Å². The van der Waals surface area contributed by atoms with E-state index in [2.05, 4.69) is 0 Å². The number of hydrogen-bond donors (Lipinski definition) is 3. The molecule has 0 amide bonds. The molecule has 2 rings (SSSR count). The van der Waals surface area contributed by atoms with Gasteiger partial charge in [-0.25, -0.2) is 0 Å². The maximum atomic E-state index is 11.3. The van der Waals surface area contributed by atoms with E-state index >= 15 is 0 Å². The van der Waals surface area contributed by atoms with Crippen molar-refractivity contribution in [3.63, 3.8) is 0 Å². The topological polar surface area (TPSA) is 106 Å². The number of hydrogen-bond acceptors (Lipinski definition) is 4. The van der Waals surface area contributed by atoms with Crippen LogP contribution in [0.2, 0.25) is 0 Å². The molecule has 1 aromatic carbocycles. The second-order valence-corrected chi connectivity index (χ2v) is 5.67. The van der Waals surface area contributed by atoms with E-state index in [1.807, 2.05) is 0 Å². The smallest absolute Gasteiger partial charge is 0.295 e. The minimum atomic E-state index is -4.25. The van der Waals surface area contributed by atoms with Gasteiger partial charge in [-0.05, 0) is 17.7 Å². The summed E-state index contributed by atoms with van der Waals surface area (Å²) < 4.78 is 31.7. The Balaban J connectivity index is 2.49. The second kappa shape index (κ2) is 4.33. The van der Waals surface area contributed by atoms with Crippen LogP contribution in [0.25, 0.3) is 5.57 Å². The summed E-state index contributed by atoms with van der Waals surface area (Å²) in [5.41, 5.74) is 11.6. The first kappa shape index (κ1) is 13.0. The van der Waals surface area contributed by atoms with Crippen molar-refractivity contribution in [1.82, 2.24) is 0 Å². The Labute approximate surface area is 106 Å². The zero-order valence-corrected chi connectivity index (χ0v) is 10.4. The van der Waals surface area contributed by atoms with Gasteiger partial charge in [-0.3, -0.25) is 4.55 Å². The summed E-state index contributed by atoms with van der Waals surface area (Å²) in [5, 5.41) is 0. The molecule has 0 fully saturated rings. The standard InChI is InChI=1S/C12H14N2O3S/c13-12(14)7-5-9(6-8-12)10-3-1-2-4-11(10)18(15,16)17/h1-7H,8,13-14H2,(H,15,16,17). The molecule has 5 N–H and O–H groups in total. The first-order chi connectivity index (χ1) is 8.30. The predicted molar refractivity (Wildman–Crippen MR) is 69.1 cm³/mol. The van der Waals surface area contributed by atoms with Gasteiger partial charge in [0.1, 0.15) is 4.90 Å². The third-order valence-corrected chi connectivity index (χ3v) is 3.64. The molecule has 0 spiro atoms. The Morgan fingerprint density at radius 3 is 2.44 bits per heavy atom. The van der Waals surface area contributed by atoms with Gasteiger partial charge in [0.05, 0.1) is 5.66 Å². The number of nitrogens with two attached hydrogens (primary N) is 2. The van der Waals surface area contributed by atoms with E-state index in [-0.39, 0.29) is 4.90 Å². The lowest BCUT2D eigenvalue weighted by Crippen LogP contribution is -2.47. The van der Waals surface area contributed by atoms with E-state index < -0.39 is 15.8 Å². The molecule has 0 bridgehead atoms. The van der Waals surface area contributed by atoms with Crippen molar-refractivity contribution < 1.29 is 13.0 Å². The Bertz CT molecular complexity index is 630. The highest BCUT2D eigenvalue weighted by Crippen LogP contribution is 2.28. The van der Waals surface area contributed by atoms with Crippen LogP contribution in [-0.2, 0) is 10.1 Å². The summed E-state index contributed by atoms with van der Waals surface area (Å²) in [7, 11) is -4.25. The minimum Gasteiger partial charge on any atom is -0.310 e. The van der Waals surface area contributed by atoms with Crippen molar-refractivity contribution in [2.75, 3.05) is 0 Å². The van der Waals surface area contributed by atoms with Crippen molar-refractivity contribution in [3.05, 3.63) is 48.1 Å². The molecule has 6 heteroatoms. The van der Waals surface area contributed by atoms with E-state index in [4.69, 9.17) is 11.5 Å². The molecule has 0 radical (unpaired) electrons. The van der Waals surface area contributed by atoms with Gasteiger partial charge < -0.3 is 11.5 Å². The highest BCUT2D eigenvalue weighted by molar-refractivity contribution is 7.86. The van der Waals surface area contributed by atoms with Crippen molar-refractivity contribution in [2.24, 2.45) is 11.5 Å². The molecule has 0 atom stereocenters. The van der Waals surface area contributed by atoms with Crippen LogP contribution in [0.5, 0.6) is 0 Å². The SMILES string of the molecule is NC1(N)C=CC(c2ccccc2S(=O)(=O)O)=CC1. The van der Waals surface area contributed by atoms with Crippen LogP contribution in [-0.4, -0.2) is 18.6 Å². The zero-order chi connectivity index (χ0) is 13.4. The van der Waals surface area contributed by atoms with Crippen LogP contribution in [0.3, 0.4) is 0 Å². The van der Waals surface area contributed by atoms with Crippen LogP contribution < -0.4 is 11.5 Å². The zero-order valence-electron chi connectivity index (χ0n) is 9.58. The van der Waals surface area contributed by atoms with Gasteiger partial charge in [0.25, 0.3) is 10.1 Å². The average Bonchev–Trinajstić information content (AvgIpc) is 2.28. The van der Waals surface area contributed by atoms with Gasteiger partial charge in [0, 0.05) is 12.0 Å². The monoisotopic (exact) mass is 266 g/mol. The summed E-state index contributed by atoms with van der Waals surface area (Å²) in [6, 6.07) is 6.23. The molecule has 1 aliphatic rings. The average molecular weight is 266 g/mol. The van der Waals surface area contributed by atoms with Crippen molar-refractivity contribution >= 4 is 15.7 Å². The van der Waals surface area contributed by atoms with Crippen LogP contribution in [0, 0.1) is 0 Å². The highest BCUT2D eigenvalue weighted by Gasteiger charge is 2.21. The van der Waals surface area contributed by atoms with Crippen LogP contribution in [0.4, 0.5) is 0 Å². The van der Waals surface area contributed by atoms with Gasteiger partial charge >= 0.3 is 0 Å². The number of allylic oxidation sites excluding steroid dienone is 2. The Morgan fingerprint density at radius 1 is 1.22 bits per heavy atom. The van der Waals surface area contributed by atoms with Crippen LogP contribution in [0.15, 0.2) is 47.4 Å². The predicted octanol–water partition coefficient (Wildman–Crippen LogP) is 0.890. The molecule has 1 aliphatic carbocycles. The first-order valence-corrected chi connectivity index (χ1v) is 6.78. The lowest BCUT2D eigenvalue weighted by Gasteiger charge is -2.23. The summed E-state index contributed by atoms with van der Waals surface area (Å²) in [5.74, 6) is 0. The molecule has 5 nitrogen and oxygen atoms in total. The molecular weight excluding hydrogens is 252 g/mol. The quantitative estimate of drug-likeness (QED) is 0.544. The molecule has 0 aliphatic heterocycles. The Hall–Kier alpha value is -1.47. The molecule has 0 unspecified atom stereocenters. The normalized spacial score (nSPS) is 18.5. The van der Waals surface area contributed by atoms with Gasteiger partial charge in [-0.2, -0.15) is 8.42 Å². The molecule has 0 aromatic heterocycles. The fraction of sp³-hybridized carbons (Fsp3) is 0.167. The maximum Gasteiger partial charge on any atom is 0.295 e. The minimum absolute atomic E-state index is 0.123. The first-order valence-electron chi connectivity index (χ1n) is 5.34. The summed E-state index contributed by atoms with van der Waals surface area (Å²) >= 11 is 0. The number of benzene rings is 1. The lowest BCUT2D eigenvalue weighted by atomic mass is 9.94. The molecular formula is C12H14N2O3S. The van der Waals surface area contributed by atoms with Gasteiger partial charge in [0.2, 0.25) is 0 Å². The molecule has 96 valence electrons.